The molecule has 0 unspecified atom stereocenters. The largest absolute Gasteiger partial charge is 0.478 e. The van der Waals surface area contributed by atoms with Gasteiger partial charge in [-0.1, -0.05) is 27.7 Å². The van der Waals surface area contributed by atoms with Crippen LogP contribution < -0.4 is 4.90 Å². The fraction of sp³-hybridized carbons (Fsp3) is 0.481. The van der Waals surface area contributed by atoms with Gasteiger partial charge in [0, 0.05) is 32.1 Å². The Balaban J connectivity index is 1.74. The molecule has 0 aliphatic carbocycles. The Bertz CT molecular complexity index is 1260. The number of nitrogens with zero attached hydrogens (tertiary/aromatic N) is 5. The van der Waals surface area contributed by atoms with Gasteiger partial charge >= 0.3 is 12.1 Å². The molecule has 1 N–H and O–H groups in total. The van der Waals surface area contributed by atoms with Crippen LogP contribution in [0.25, 0.3) is 16.7 Å². The fourth-order valence-electron chi connectivity index (χ4n) is 4.63. The predicted octanol–water partition coefficient (Wildman–Crippen LogP) is 5.08. The lowest BCUT2D eigenvalue weighted by Crippen LogP contribution is -2.49. The molecule has 1 saturated heterocycles. The van der Waals surface area contributed by atoms with Gasteiger partial charge in [-0.3, -0.25) is 0 Å². The molecule has 0 bridgehead atoms. The second-order valence-electron chi connectivity index (χ2n) is 9.76. The molecule has 1 aliphatic rings. The molecule has 198 valence electrons. The first kappa shape index (κ1) is 26.4. The summed E-state index contributed by atoms with van der Waals surface area (Å²) in [5, 5.41) is 15.5. The summed E-state index contributed by atoms with van der Waals surface area (Å²) in [5.74, 6) is -0.623. The van der Waals surface area contributed by atoms with Crippen molar-refractivity contribution in [3.8, 4) is 5.69 Å². The topological polar surface area (TPSA) is 101 Å². The highest BCUT2D eigenvalue weighted by molar-refractivity contribution is 6.04. The van der Waals surface area contributed by atoms with E-state index < -0.39 is 5.97 Å². The minimum absolute atomic E-state index is 0.0512. The first-order valence-corrected chi connectivity index (χ1v) is 12.8. The van der Waals surface area contributed by atoms with Crippen LogP contribution in [0.1, 0.15) is 62.5 Å². The summed E-state index contributed by atoms with van der Waals surface area (Å²) in [4.78, 5) is 33.3. The maximum atomic E-state index is 13.6. The Morgan fingerprint density at radius 3 is 2.30 bits per heavy atom. The number of benzene rings is 1. The zero-order valence-electron chi connectivity index (χ0n) is 21.8. The Kier molecular flexibility index (Phi) is 7.94. The molecule has 9 nitrogen and oxygen atoms in total. The molecule has 0 atom stereocenters. The van der Waals surface area contributed by atoms with Crippen molar-refractivity contribution < 1.29 is 23.8 Å². The van der Waals surface area contributed by atoms with Gasteiger partial charge in [0.2, 0.25) is 0 Å². The summed E-state index contributed by atoms with van der Waals surface area (Å²) in [7, 11) is 0. The summed E-state index contributed by atoms with van der Waals surface area (Å²) in [6.45, 7) is 10.3. The van der Waals surface area contributed by atoms with E-state index in [-0.39, 0.29) is 29.3 Å². The third-order valence-corrected chi connectivity index (χ3v) is 6.73. The summed E-state index contributed by atoms with van der Waals surface area (Å²) in [6.07, 6.45) is 1.25. The average molecular weight is 512 g/mol. The van der Waals surface area contributed by atoms with Crippen molar-refractivity contribution in [1.29, 1.82) is 0 Å². The number of ether oxygens (including phenoxy) is 1. The third-order valence-electron chi connectivity index (χ3n) is 6.73. The molecule has 4 rings (SSSR count). The van der Waals surface area contributed by atoms with E-state index in [4.69, 9.17) is 14.8 Å². The number of halogens is 1. The number of rotatable bonds is 8. The lowest BCUT2D eigenvalue weighted by Gasteiger charge is -2.35. The third kappa shape index (κ3) is 5.52. The van der Waals surface area contributed by atoms with Gasteiger partial charge in [-0.05, 0) is 49.1 Å². The molecule has 2 aromatic heterocycles. The molecule has 0 spiro atoms. The lowest BCUT2D eigenvalue weighted by atomic mass is 9.95. The number of aromatic nitrogens is 3. The molecule has 0 radical (unpaired) electrons. The van der Waals surface area contributed by atoms with Gasteiger partial charge < -0.3 is 19.6 Å². The predicted molar refractivity (Wildman–Crippen MR) is 139 cm³/mol. The van der Waals surface area contributed by atoms with Crippen LogP contribution in [-0.4, -0.2) is 69.6 Å². The number of hydrogen-bond donors (Lipinski definition) is 1. The minimum atomic E-state index is -1.06. The van der Waals surface area contributed by atoms with Gasteiger partial charge in [0.25, 0.3) is 0 Å². The fourth-order valence-corrected chi connectivity index (χ4v) is 4.63. The smallest absolute Gasteiger partial charge is 0.409 e. The standard InChI is InChI=1S/C27H34FN5O4/c1-5-18(6-2)24-23-21(26(34)35)15-22(29-25(23)33(30-24)20-9-7-19(28)8-10-20)31-11-13-32(14-12-31)27(36)37-16-17(3)4/h7-10,15,17-18H,5-6,11-14,16H2,1-4H3,(H,34,35). The molecule has 3 aromatic rings. The number of pyridine rings is 1. The van der Waals surface area contributed by atoms with Crippen molar-refractivity contribution in [2.75, 3.05) is 37.7 Å². The molecular formula is C27H34FN5O4. The number of aromatic carboxylic acids is 1. The van der Waals surface area contributed by atoms with E-state index in [0.717, 1.165) is 12.8 Å². The zero-order chi connectivity index (χ0) is 26.7. The highest BCUT2D eigenvalue weighted by atomic mass is 19.1. The lowest BCUT2D eigenvalue weighted by molar-refractivity contribution is 0.0698. The summed E-state index contributed by atoms with van der Waals surface area (Å²) in [5.41, 5.74) is 1.83. The van der Waals surface area contributed by atoms with Crippen LogP contribution in [0.3, 0.4) is 0 Å². The first-order valence-electron chi connectivity index (χ1n) is 12.8. The van der Waals surface area contributed by atoms with E-state index in [1.54, 1.807) is 27.8 Å². The monoisotopic (exact) mass is 511 g/mol. The van der Waals surface area contributed by atoms with Crippen molar-refractivity contribution in [3.05, 3.63) is 47.4 Å². The number of carboxylic acids is 1. The van der Waals surface area contributed by atoms with Crippen molar-refractivity contribution in [1.82, 2.24) is 19.7 Å². The van der Waals surface area contributed by atoms with Crippen molar-refractivity contribution in [2.45, 2.75) is 46.5 Å². The van der Waals surface area contributed by atoms with Gasteiger partial charge in [-0.15, -0.1) is 0 Å². The van der Waals surface area contributed by atoms with Gasteiger partial charge in [-0.2, -0.15) is 5.10 Å². The zero-order valence-corrected chi connectivity index (χ0v) is 21.8. The van der Waals surface area contributed by atoms with Crippen LogP contribution >= 0.6 is 0 Å². The SMILES string of the molecule is CCC(CC)c1nn(-c2ccc(F)cc2)c2nc(N3CCN(C(=O)OCC(C)C)CC3)cc(C(=O)O)c12. The van der Waals surface area contributed by atoms with Crippen LogP contribution in [0.5, 0.6) is 0 Å². The quantitative estimate of drug-likeness (QED) is 0.450. The number of amides is 1. The molecule has 10 heteroatoms. The maximum absolute atomic E-state index is 13.6. The molecular weight excluding hydrogens is 477 g/mol. The second-order valence-corrected chi connectivity index (χ2v) is 9.76. The normalized spacial score (nSPS) is 14.1. The molecule has 1 amide bonds. The Morgan fingerprint density at radius 1 is 1.08 bits per heavy atom. The molecule has 1 aromatic carbocycles. The molecule has 37 heavy (non-hydrogen) atoms. The average Bonchev–Trinajstić information content (AvgIpc) is 3.27. The van der Waals surface area contributed by atoms with E-state index in [2.05, 4.69) is 0 Å². The molecule has 1 aliphatic heterocycles. The number of carbonyl (C=O) groups excluding carboxylic acids is 1. The van der Waals surface area contributed by atoms with E-state index in [1.807, 2.05) is 32.6 Å². The first-order chi connectivity index (χ1) is 17.7. The second kappa shape index (κ2) is 11.1. The Hall–Kier alpha value is -3.69. The minimum Gasteiger partial charge on any atom is -0.478 e. The Morgan fingerprint density at radius 2 is 1.73 bits per heavy atom. The summed E-state index contributed by atoms with van der Waals surface area (Å²) < 4.78 is 20.6. The van der Waals surface area contributed by atoms with E-state index in [0.29, 0.717) is 61.0 Å². The number of carboxylic acid groups (broad SMARTS) is 1. The van der Waals surface area contributed by atoms with E-state index in [9.17, 15) is 19.1 Å². The van der Waals surface area contributed by atoms with Crippen molar-refractivity contribution in [3.63, 3.8) is 0 Å². The van der Waals surface area contributed by atoms with Crippen LogP contribution in [0, 0.1) is 11.7 Å². The number of fused-ring (bicyclic) bond motifs is 1. The number of carbonyl (C=O) groups is 2. The van der Waals surface area contributed by atoms with E-state index in [1.165, 1.54) is 12.1 Å². The van der Waals surface area contributed by atoms with Gasteiger partial charge in [-0.25, -0.2) is 23.6 Å². The highest BCUT2D eigenvalue weighted by Gasteiger charge is 2.28. The number of piperazine rings is 1. The summed E-state index contributed by atoms with van der Waals surface area (Å²) >= 11 is 0. The molecule has 3 heterocycles. The molecule has 0 saturated carbocycles. The van der Waals surface area contributed by atoms with Gasteiger partial charge in [0.05, 0.1) is 28.9 Å². The van der Waals surface area contributed by atoms with Crippen LogP contribution in [0.4, 0.5) is 15.0 Å². The van der Waals surface area contributed by atoms with Crippen molar-refractivity contribution in [2.24, 2.45) is 5.92 Å². The summed E-state index contributed by atoms with van der Waals surface area (Å²) in [6, 6.07) is 7.50. The molecule has 1 fully saturated rings. The van der Waals surface area contributed by atoms with Gasteiger partial charge in [0.15, 0.2) is 5.65 Å². The van der Waals surface area contributed by atoms with Crippen LogP contribution in [0.2, 0.25) is 0 Å². The van der Waals surface area contributed by atoms with Crippen LogP contribution in [0.15, 0.2) is 30.3 Å². The maximum Gasteiger partial charge on any atom is 0.409 e. The van der Waals surface area contributed by atoms with Crippen LogP contribution in [-0.2, 0) is 4.74 Å². The number of anilines is 1. The van der Waals surface area contributed by atoms with E-state index >= 15 is 0 Å². The number of hydrogen-bond acceptors (Lipinski definition) is 6. The Labute approximate surface area is 215 Å². The highest BCUT2D eigenvalue weighted by Crippen LogP contribution is 2.34. The van der Waals surface area contributed by atoms with Gasteiger partial charge in [0.1, 0.15) is 11.6 Å². The van der Waals surface area contributed by atoms with Crippen molar-refractivity contribution >= 4 is 28.9 Å².